The van der Waals surface area contributed by atoms with E-state index in [1.807, 2.05) is 54.6 Å². The lowest BCUT2D eigenvalue weighted by molar-refractivity contribution is 1.17. The van der Waals surface area contributed by atoms with Gasteiger partial charge in [0.25, 0.3) is 0 Å². The highest BCUT2D eigenvalue weighted by atomic mass is 15.1. The van der Waals surface area contributed by atoms with Crippen LogP contribution in [0.1, 0.15) is 11.1 Å². The molecule has 9 aromatic rings. The Morgan fingerprint density at radius 3 is 1.69 bits per heavy atom. The molecule has 0 atom stereocenters. The minimum atomic E-state index is 0.426. The van der Waals surface area contributed by atoms with Crippen LogP contribution in [0.3, 0.4) is 0 Å². The van der Waals surface area contributed by atoms with Gasteiger partial charge >= 0.3 is 0 Å². The first kappa shape index (κ1) is 32.1. The van der Waals surface area contributed by atoms with E-state index in [-0.39, 0.29) is 0 Å². The maximum atomic E-state index is 9.91. The highest BCUT2D eigenvalue weighted by Crippen LogP contribution is 2.40. The molecule has 0 unspecified atom stereocenters. The summed E-state index contributed by atoms with van der Waals surface area (Å²) in [6.45, 7) is 0. The second-order valence-corrected chi connectivity index (χ2v) is 12.9. The molecule has 252 valence electrons. The van der Waals surface area contributed by atoms with Gasteiger partial charge in [0.15, 0.2) is 5.82 Å². The predicted octanol–water partition coefficient (Wildman–Crippen LogP) is 11.8. The molecule has 6 nitrogen and oxygen atoms in total. The largest absolute Gasteiger partial charge is 0.310 e. The Morgan fingerprint density at radius 2 is 1.00 bits per heavy atom. The Hall–Kier alpha value is -7.80. The van der Waals surface area contributed by atoms with Gasteiger partial charge in [0.2, 0.25) is 0 Å². The van der Waals surface area contributed by atoms with Crippen LogP contribution in [0.25, 0.3) is 61.4 Å². The molecule has 0 fully saturated rings. The van der Waals surface area contributed by atoms with E-state index in [0.29, 0.717) is 39.5 Å². The number of hydrogen-bond acceptors (Lipinski definition) is 5. The van der Waals surface area contributed by atoms with Crippen molar-refractivity contribution in [3.8, 4) is 51.7 Å². The lowest BCUT2D eigenvalue weighted by Gasteiger charge is -2.25. The Balaban J connectivity index is 1.17. The number of anilines is 3. The summed E-state index contributed by atoms with van der Waals surface area (Å²) < 4.78 is 2.30. The summed E-state index contributed by atoms with van der Waals surface area (Å²) in [4.78, 5) is 12.1. The molecular weight excluding hydrogens is 661 g/mol. The van der Waals surface area contributed by atoms with E-state index >= 15 is 0 Å². The fourth-order valence-corrected chi connectivity index (χ4v) is 7.19. The maximum absolute atomic E-state index is 9.91. The van der Waals surface area contributed by atoms with E-state index in [2.05, 4.69) is 137 Å². The van der Waals surface area contributed by atoms with Crippen molar-refractivity contribution < 1.29 is 0 Å². The van der Waals surface area contributed by atoms with Crippen molar-refractivity contribution in [3.05, 3.63) is 193 Å². The van der Waals surface area contributed by atoms with Gasteiger partial charge in [-0.05, 0) is 84.9 Å². The monoisotopic (exact) mass is 690 g/mol. The minimum absolute atomic E-state index is 0.426. The molecule has 2 heterocycles. The number of hydrogen-bond donors (Lipinski definition) is 0. The van der Waals surface area contributed by atoms with E-state index in [1.165, 1.54) is 0 Å². The van der Waals surface area contributed by atoms with Crippen molar-refractivity contribution in [2.75, 3.05) is 4.90 Å². The third kappa shape index (κ3) is 5.71. The number of nitriles is 2. The summed E-state index contributed by atoms with van der Waals surface area (Å²) in [7, 11) is 0. The summed E-state index contributed by atoms with van der Waals surface area (Å²) in [6.07, 6.45) is 0. The van der Waals surface area contributed by atoms with Gasteiger partial charge < -0.3 is 9.47 Å². The van der Waals surface area contributed by atoms with E-state index in [4.69, 9.17) is 9.97 Å². The molecule has 0 amide bonds. The SMILES string of the molecule is N#Cc1ccccc1-c1cc(-c2ccc(-n3c4ccccc4c4cc(N(c5ccccc5)c5ccccc5)ccc43)cc2)nc(-c2ccccc2C#N)n1. The van der Waals surface area contributed by atoms with Crippen molar-refractivity contribution in [3.63, 3.8) is 0 Å². The minimum Gasteiger partial charge on any atom is -0.310 e. The molecule has 0 saturated carbocycles. The molecule has 2 aromatic heterocycles. The first-order valence-corrected chi connectivity index (χ1v) is 17.6. The topological polar surface area (TPSA) is 81.5 Å². The maximum Gasteiger partial charge on any atom is 0.161 e. The van der Waals surface area contributed by atoms with Crippen LogP contribution in [0.4, 0.5) is 17.1 Å². The molecular formula is C48H30N6. The number of para-hydroxylation sites is 3. The fraction of sp³-hybridized carbons (Fsp3) is 0. The summed E-state index contributed by atoms with van der Waals surface area (Å²) in [5.74, 6) is 0.426. The molecule has 0 N–H and O–H groups in total. The van der Waals surface area contributed by atoms with Crippen LogP contribution < -0.4 is 4.90 Å². The molecule has 54 heavy (non-hydrogen) atoms. The summed E-state index contributed by atoms with van der Waals surface area (Å²) in [5.41, 5.74) is 11.0. The number of nitrogens with zero attached hydrogens (tertiary/aromatic N) is 6. The standard InChI is InChI=1S/C48H30N6/c49-31-34-13-7-9-19-40(34)45-30-44(51-48(52-45)41-20-10-8-14-35(41)32-50)33-23-25-38(26-24-33)54-46-22-12-11-21-42(46)43-29-39(27-28-47(43)54)53(36-15-3-1-4-16-36)37-17-5-2-6-18-37/h1-30H. The molecule has 0 aliphatic rings. The third-order valence-corrected chi connectivity index (χ3v) is 9.70. The normalized spacial score (nSPS) is 10.9. The highest BCUT2D eigenvalue weighted by molar-refractivity contribution is 6.10. The molecule has 9 rings (SSSR count). The molecule has 0 aliphatic heterocycles. The Morgan fingerprint density at radius 1 is 0.444 bits per heavy atom. The average molecular weight is 691 g/mol. The van der Waals surface area contributed by atoms with E-state index in [0.717, 1.165) is 50.1 Å². The van der Waals surface area contributed by atoms with Crippen molar-refractivity contribution in [1.82, 2.24) is 14.5 Å². The molecule has 0 bridgehead atoms. The molecule has 0 radical (unpaired) electrons. The number of benzene rings is 7. The van der Waals surface area contributed by atoms with Crippen LogP contribution >= 0.6 is 0 Å². The van der Waals surface area contributed by atoms with Gasteiger partial charge in [0, 0.05) is 50.2 Å². The van der Waals surface area contributed by atoms with Crippen molar-refractivity contribution in [2.45, 2.75) is 0 Å². The quantitative estimate of drug-likeness (QED) is 0.166. The lowest BCUT2D eigenvalue weighted by Crippen LogP contribution is -2.09. The van der Waals surface area contributed by atoms with Crippen LogP contribution in [0, 0.1) is 22.7 Å². The van der Waals surface area contributed by atoms with Gasteiger partial charge in [-0.25, -0.2) is 9.97 Å². The van der Waals surface area contributed by atoms with Crippen LogP contribution in [0.5, 0.6) is 0 Å². The predicted molar refractivity (Wildman–Crippen MR) is 217 cm³/mol. The van der Waals surface area contributed by atoms with Crippen molar-refractivity contribution in [2.24, 2.45) is 0 Å². The van der Waals surface area contributed by atoms with E-state index in [9.17, 15) is 10.5 Å². The molecule has 0 spiro atoms. The van der Waals surface area contributed by atoms with Crippen LogP contribution in [0.15, 0.2) is 182 Å². The van der Waals surface area contributed by atoms with Gasteiger partial charge in [-0.2, -0.15) is 10.5 Å². The summed E-state index contributed by atoms with van der Waals surface area (Å²) >= 11 is 0. The Kier molecular flexibility index (Phi) is 8.17. The zero-order valence-corrected chi connectivity index (χ0v) is 29.0. The summed E-state index contributed by atoms with van der Waals surface area (Å²) in [5, 5.41) is 22.1. The summed E-state index contributed by atoms with van der Waals surface area (Å²) in [6, 6.07) is 65.7. The van der Waals surface area contributed by atoms with E-state index in [1.54, 1.807) is 12.1 Å². The smallest absolute Gasteiger partial charge is 0.161 e. The van der Waals surface area contributed by atoms with E-state index < -0.39 is 0 Å². The zero-order chi connectivity index (χ0) is 36.4. The van der Waals surface area contributed by atoms with Crippen LogP contribution in [0.2, 0.25) is 0 Å². The molecule has 0 aliphatic carbocycles. The van der Waals surface area contributed by atoms with Crippen LogP contribution in [-0.2, 0) is 0 Å². The lowest BCUT2D eigenvalue weighted by atomic mass is 10.0. The van der Waals surface area contributed by atoms with Crippen molar-refractivity contribution >= 4 is 38.9 Å². The molecule has 7 aromatic carbocycles. The number of aromatic nitrogens is 3. The Labute approximate surface area is 312 Å². The van der Waals surface area contributed by atoms with Gasteiger partial charge in [-0.15, -0.1) is 0 Å². The van der Waals surface area contributed by atoms with Gasteiger partial charge in [-0.3, -0.25) is 0 Å². The van der Waals surface area contributed by atoms with Gasteiger partial charge in [0.05, 0.1) is 45.7 Å². The fourth-order valence-electron chi connectivity index (χ4n) is 7.19. The Bertz CT molecular complexity index is 2780. The zero-order valence-electron chi connectivity index (χ0n) is 29.0. The van der Waals surface area contributed by atoms with Crippen molar-refractivity contribution in [1.29, 1.82) is 10.5 Å². The third-order valence-electron chi connectivity index (χ3n) is 9.70. The second-order valence-electron chi connectivity index (χ2n) is 12.9. The highest BCUT2D eigenvalue weighted by Gasteiger charge is 2.18. The first-order chi connectivity index (χ1) is 26.7. The van der Waals surface area contributed by atoms with Crippen LogP contribution in [-0.4, -0.2) is 14.5 Å². The number of fused-ring (bicyclic) bond motifs is 3. The second kappa shape index (κ2) is 13.7. The first-order valence-electron chi connectivity index (χ1n) is 17.6. The van der Waals surface area contributed by atoms with Gasteiger partial charge in [-0.1, -0.05) is 97.1 Å². The average Bonchev–Trinajstić information content (AvgIpc) is 3.58. The molecule has 0 saturated heterocycles. The molecule has 6 heteroatoms. The number of rotatable bonds is 7. The van der Waals surface area contributed by atoms with Gasteiger partial charge in [0.1, 0.15) is 0 Å².